The third kappa shape index (κ3) is 3.05. The molecule has 0 aromatic heterocycles. The van der Waals surface area contributed by atoms with E-state index in [1.165, 1.54) is 5.32 Å². The quantitative estimate of drug-likeness (QED) is 0.824. The van der Waals surface area contributed by atoms with Crippen LogP contribution in [-0.4, -0.2) is 19.2 Å². The van der Waals surface area contributed by atoms with Crippen molar-refractivity contribution in [2.75, 3.05) is 12.4 Å². The standard InChI is InChI=1S/C9H6F5NO2/c1-17-7-3-4(10)6(2-5(7)11)15-8(16)9(12,13)14/h2-3H,1H3,(H,15,16). The van der Waals surface area contributed by atoms with E-state index in [9.17, 15) is 26.7 Å². The molecule has 0 saturated carbocycles. The number of ether oxygens (including phenoxy) is 1. The van der Waals surface area contributed by atoms with Crippen LogP contribution in [0.3, 0.4) is 0 Å². The van der Waals surface area contributed by atoms with E-state index in [2.05, 4.69) is 4.74 Å². The van der Waals surface area contributed by atoms with Crippen molar-refractivity contribution in [3.8, 4) is 5.75 Å². The molecule has 0 bridgehead atoms. The van der Waals surface area contributed by atoms with Crippen LogP contribution in [0.25, 0.3) is 0 Å². The van der Waals surface area contributed by atoms with Crippen LogP contribution in [0.2, 0.25) is 0 Å². The molecule has 1 amide bonds. The van der Waals surface area contributed by atoms with E-state index in [-0.39, 0.29) is 0 Å². The van der Waals surface area contributed by atoms with Gasteiger partial charge in [-0.1, -0.05) is 0 Å². The number of halogens is 5. The summed E-state index contributed by atoms with van der Waals surface area (Å²) in [6.07, 6.45) is -5.18. The number of carbonyl (C=O) groups is 1. The summed E-state index contributed by atoms with van der Waals surface area (Å²) in [5, 5.41) is 1.21. The molecular formula is C9H6F5NO2. The highest BCUT2D eigenvalue weighted by atomic mass is 19.4. The van der Waals surface area contributed by atoms with Crippen LogP contribution in [-0.2, 0) is 4.79 Å². The van der Waals surface area contributed by atoms with Crippen molar-refractivity contribution in [1.29, 1.82) is 0 Å². The van der Waals surface area contributed by atoms with Crippen LogP contribution < -0.4 is 10.1 Å². The first-order valence-corrected chi connectivity index (χ1v) is 4.17. The van der Waals surface area contributed by atoms with E-state index in [0.29, 0.717) is 12.1 Å². The molecule has 8 heteroatoms. The molecule has 3 nitrogen and oxygen atoms in total. The lowest BCUT2D eigenvalue weighted by Gasteiger charge is -2.10. The molecule has 0 fully saturated rings. The maximum absolute atomic E-state index is 13.1. The third-order valence-corrected chi connectivity index (χ3v) is 1.75. The summed E-state index contributed by atoms with van der Waals surface area (Å²) in [7, 11) is 1.06. The van der Waals surface area contributed by atoms with Crippen LogP contribution in [0.5, 0.6) is 5.75 Å². The average molecular weight is 255 g/mol. The molecule has 1 rings (SSSR count). The fourth-order valence-electron chi connectivity index (χ4n) is 0.974. The van der Waals surface area contributed by atoms with Gasteiger partial charge in [0, 0.05) is 12.1 Å². The Morgan fingerprint density at radius 2 is 1.82 bits per heavy atom. The first kappa shape index (κ1) is 13.2. The van der Waals surface area contributed by atoms with E-state index in [4.69, 9.17) is 0 Å². The largest absolute Gasteiger partial charge is 0.494 e. The van der Waals surface area contributed by atoms with Gasteiger partial charge in [0.2, 0.25) is 0 Å². The number of anilines is 1. The van der Waals surface area contributed by atoms with Crippen molar-refractivity contribution in [2.45, 2.75) is 6.18 Å². The second-order valence-electron chi connectivity index (χ2n) is 2.92. The third-order valence-electron chi connectivity index (χ3n) is 1.75. The number of hydrogen-bond donors (Lipinski definition) is 1. The van der Waals surface area contributed by atoms with E-state index in [1.807, 2.05) is 0 Å². The summed E-state index contributed by atoms with van der Waals surface area (Å²) in [6.45, 7) is 0. The molecular weight excluding hydrogens is 249 g/mol. The van der Waals surface area contributed by atoms with Gasteiger partial charge in [0.15, 0.2) is 17.4 Å². The van der Waals surface area contributed by atoms with Crippen LogP contribution in [0.4, 0.5) is 27.6 Å². The molecule has 0 radical (unpaired) electrons. The fraction of sp³-hybridized carbons (Fsp3) is 0.222. The van der Waals surface area contributed by atoms with Crippen LogP contribution in [0.15, 0.2) is 12.1 Å². The van der Waals surface area contributed by atoms with E-state index in [1.54, 1.807) is 0 Å². The van der Waals surface area contributed by atoms with Crippen LogP contribution >= 0.6 is 0 Å². The highest BCUT2D eigenvalue weighted by Crippen LogP contribution is 2.26. The summed E-state index contributed by atoms with van der Waals surface area (Å²) < 4.78 is 66.2. The Labute approximate surface area is 92.2 Å². The maximum Gasteiger partial charge on any atom is 0.471 e. The highest BCUT2D eigenvalue weighted by molar-refractivity contribution is 5.95. The smallest absolute Gasteiger partial charge is 0.471 e. The highest BCUT2D eigenvalue weighted by Gasteiger charge is 2.39. The molecule has 0 aliphatic heterocycles. The number of methoxy groups -OCH3 is 1. The van der Waals surface area contributed by atoms with E-state index >= 15 is 0 Å². The zero-order chi connectivity index (χ0) is 13.2. The van der Waals surface area contributed by atoms with Gasteiger partial charge in [-0.3, -0.25) is 4.79 Å². The van der Waals surface area contributed by atoms with Gasteiger partial charge in [-0.2, -0.15) is 13.2 Å². The van der Waals surface area contributed by atoms with Gasteiger partial charge < -0.3 is 10.1 Å². The Hall–Kier alpha value is -1.86. The zero-order valence-corrected chi connectivity index (χ0v) is 8.36. The minimum absolute atomic E-state index is 0.401. The van der Waals surface area contributed by atoms with Gasteiger partial charge in [-0.15, -0.1) is 0 Å². The molecule has 0 aliphatic rings. The van der Waals surface area contributed by atoms with E-state index < -0.39 is 35.2 Å². The number of carbonyl (C=O) groups excluding carboxylic acids is 1. The fourth-order valence-corrected chi connectivity index (χ4v) is 0.974. The molecule has 1 aromatic rings. The lowest BCUT2D eigenvalue weighted by molar-refractivity contribution is -0.167. The van der Waals surface area contributed by atoms with Crippen molar-refractivity contribution in [2.24, 2.45) is 0 Å². The van der Waals surface area contributed by atoms with Gasteiger partial charge in [0.05, 0.1) is 12.8 Å². The van der Waals surface area contributed by atoms with Gasteiger partial charge in [-0.05, 0) is 0 Å². The molecule has 1 aromatic carbocycles. The molecule has 0 spiro atoms. The zero-order valence-electron chi connectivity index (χ0n) is 8.36. The molecule has 0 saturated heterocycles. The normalized spacial score (nSPS) is 11.2. The number of rotatable bonds is 2. The van der Waals surface area contributed by atoms with Gasteiger partial charge in [0.25, 0.3) is 0 Å². The summed E-state index contributed by atoms with van der Waals surface area (Å²) in [4.78, 5) is 10.5. The van der Waals surface area contributed by atoms with Gasteiger partial charge >= 0.3 is 12.1 Å². The number of alkyl halides is 3. The maximum atomic E-state index is 13.1. The number of hydrogen-bond acceptors (Lipinski definition) is 2. The minimum atomic E-state index is -5.18. The number of benzene rings is 1. The average Bonchev–Trinajstić information content (AvgIpc) is 2.21. The summed E-state index contributed by atoms with van der Waals surface area (Å²) >= 11 is 0. The Bertz CT molecular complexity index is 444. The first-order chi connectivity index (χ1) is 7.75. The molecule has 0 heterocycles. The number of nitrogens with one attached hydrogen (secondary N) is 1. The SMILES string of the molecule is COc1cc(F)c(NC(=O)C(F)(F)F)cc1F. The van der Waals surface area contributed by atoms with E-state index in [0.717, 1.165) is 7.11 Å². The predicted molar refractivity (Wildman–Crippen MR) is 47.6 cm³/mol. The molecule has 0 aliphatic carbocycles. The van der Waals surface area contributed by atoms with Crippen molar-refractivity contribution < 1.29 is 31.5 Å². The monoisotopic (exact) mass is 255 g/mol. The van der Waals surface area contributed by atoms with Crippen molar-refractivity contribution in [3.05, 3.63) is 23.8 Å². The minimum Gasteiger partial charge on any atom is -0.494 e. The van der Waals surface area contributed by atoms with Crippen molar-refractivity contribution in [1.82, 2.24) is 0 Å². The van der Waals surface area contributed by atoms with Crippen molar-refractivity contribution in [3.63, 3.8) is 0 Å². The second-order valence-corrected chi connectivity index (χ2v) is 2.92. The number of amides is 1. The first-order valence-electron chi connectivity index (χ1n) is 4.17. The Kier molecular flexibility index (Phi) is 3.54. The summed E-state index contributed by atoms with van der Waals surface area (Å²) in [6, 6.07) is 0.930. The summed E-state index contributed by atoms with van der Waals surface area (Å²) in [5.41, 5.74) is -0.911. The van der Waals surface area contributed by atoms with Crippen LogP contribution in [0.1, 0.15) is 0 Å². The van der Waals surface area contributed by atoms with Crippen LogP contribution in [0, 0.1) is 11.6 Å². The van der Waals surface area contributed by atoms with Gasteiger partial charge in [-0.25, -0.2) is 8.78 Å². The lowest BCUT2D eigenvalue weighted by Crippen LogP contribution is -2.30. The molecule has 1 N–H and O–H groups in total. The predicted octanol–water partition coefficient (Wildman–Crippen LogP) is 2.47. The Morgan fingerprint density at radius 1 is 1.24 bits per heavy atom. The summed E-state index contributed by atoms with van der Waals surface area (Å²) in [5.74, 6) is -5.19. The molecule has 0 atom stereocenters. The molecule has 94 valence electrons. The Balaban J connectivity index is 3.01. The Morgan fingerprint density at radius 3 is 2.29 bits per heavy atom. The van der Waals surface area contributed by atoms with Gasteiger partial charge in [0.1, 0.15) is 0 Å². The van der Waals surface area contributed by atoms with Crippen molar-refractivity contribution >= 4 is 11.6 Å². The molecule has 17 heavy (non-hydrogen) atoms. The topological polar surface area (TPSA) is 38.3 Å². The lowest BCUT2D eigenvalue weighted by atomic mass is 10.2. The second kappa shape index (κ2) is 4.56. The molecule has 0 unspecified atom stereocenters.